The third-order valence-corrected chi connectivity index (χ3v) is 4.04. The molecule has 90 valence electrons. The Bertz CT molecular complexity index is 541. The van der Waals surface area contributed by atoms with Crippen LogP contribution in [0.4, 0.5) is 5.13 Å². The van der Waals surface area contributed by atoms with Gasteiger partial charge in [0.15, 0.2) is 5.13 Å². The van der Waals surface area contributed by atoms with Gasteiger partial charge in [-0.15, -0.1) is 11.3 Å². The van der Waals surface area contributed by atoms with Crippen LogP contribution in [-0.4, -0.2) is 14.5 Å². The molecule has 0 aromatic carbocycles. The maximum atomic E-state index is 5.67. The molecular formula is C12H16N4S. The summed E-state index contributed by atoms with van der Waals surface area (Å²) in [5, 5.41) is 2.68. The first-order valence-electron chi connectivity index (χ1n) is 5.99. The predicted molar refractivity (Wildman–Crippen MR) is 69.2 cm³/mol. The number of hydrogen-bond donors (Lipinski definition) is 1. The Morgan fingerprint density at radius 1 is 1.35 bits per heavy atom. The highest BCUT2D eigenvalue weighted by Crippen LogP contribution is 2.23. The highest BCUT2D eigenvalue weighted by molar-refractivity contribution is 7.13. The topological polar surface area (TPSA) is 56.7 Å². The summed E-state index contributed by atoms with van der Waals surface area (Å²) in [5.41, 5.74) is 9.40. The lowest BCUT2D eigenvalue weighted by Gasteiger charge is -2.13. The van der Waals surface area contributed by atoms with Crippen LogP contribution in [0.15, 0.2) is 5.38 Å². The Morgan fingerprint density at radius 3 is 2.94 bits per heavy atom. The first kappa shape index (κ1) is 10.8. The Kier molecular flexibility index (Phi) is 2.63. The zero-order valence-corrected chi connectivity index (χ0v) is 10.8. The van der Waals surface area contributed by atoms with Crippen LogP contribution in [0.25, 0.3) is 0 Å². The van der Waals surface area contributed by atoms with Gasteiger partial charge in [0.1, 0.15) is 5.82 Å². The summed E-state index contributed by atoms with van der Waals surface area (Å²) in [4.78, 5) is 8.98. The van der Waals surface area contributed by atoms with Gasteiger partial charge in [0.25, 0.3) is 0 Å². The highest BCUT2D eigenvalue weighted by atomic mass is 32.1. The van der Waals surface area contributed by atoms with Gasteiger partial charge in [0, 0.05) is 11.1 Å². The standard InChI is InChI=1S/C12H16N4S/c1-8-14-10-4-2-3-5-11(10)16(8)6-9-7-17-12(13)15-9/h7H,2-6H2,1H3,(H2,13,15). The minimum atomic E-state index is 0.645. The molecule has 0 radical (unpaired) electrons. The Balaban J connectivity index is 1.94. The van der Waals surface area contributed by atoms with Crippen LogP contribution in [0.5, 0.6) is 0 Å². The zero-order valence-electron chi connectivity index (χ0n) is 9.94. The SMILES string of the molecule is Cc1nc2c(n1Cc1csc(N)n1)CCCC2. The number of fused-ring (bicyclic) bond motifs is 1. The quantitative estimate of drug-likeness (QED) is 0.886. The molecule has 17 heavy (non-hydrogen) atoms. The summed E-state index contributed by atoms with van der Waals surface area (Å²) < 4.78 is 2.29. The summed E-state index contributed by atoms with van der Waals surface area (Å²) in [6.45, 7) is 2.88. The van der Waals surface area contributed by atoms with Crippen molar-refractivity contribution in [1.29, 1.82) is 0 Å². The molecule has 2 N–H and O–H groups in total. The average Bonchev–Trinajstić information content (AvgIpc) is 2.85. The molecule has 0 amide bonds. The van der Waals surface area contributed by atoms with E-state index in [-0.39, 0.29) is 0 Å². The molecule has 2 aromatic heterocycles. The van der Waals surface area contributed by atoms with E-state index in [1.165, 1.54) is 35.6 Å². The first-order valence-corrected chi connectivity index (χ1v) is 6.87. The lowest BCUT2D eigenvalue weighted by molar-refractivity contribution is 0.621. The van der Waals surface area contributed by atoms with Gasteiger partial charge in [0.05, 0.1) is 17.9 Å². The third-order valence-electron chi connectivity index (χ3n) is 3.31. The van der Waals surface area contributed by atoms with Crippen molar-refractivity contribution >= 4 is 16.5 Å². The van der Waals surface area contributed by atoms with Crippen molar-refractivity contribution in [2.24, 2.45) is 0 Å². The van der Waals surface area contributed by atoms with Crippen LogP contribution >= 0.6 is 11.3 Å². The van der Waals surface area contributed by atoms with E-state index in [9.17, 15) is 0 Å². The highest BCUT2D eigenvalue weighted by Gasteiger charge is 2.18. The fraction of sp³-hybridized carbons (Fsp3) is 0.500. The van der Waals surface area contributed by atoms with E-state index in [4.69, 9.17) is 5.73 Å². The fourth-order valence-corrected chi connectivity index (χ4v) is 3.06. The minimum absolute atomic E-state index is 0.645. The maximum absolute atomic E-state index is 5.67. The second-order valence-corrected chi connectivity index (χ2v) is 5.41. The smallest absolute Gasteiger partial charge is 0.180 e. The second kappa shape index (κ2) is 4.14. The number of thiazole rings is 1. The molecule has 1 aliphatic carbocycles. The van der Waals surface area contributed by atoms with E-state index >= 15 is 0 Å². The van der Waals surface area contributed by atoms with Gasteiger partial charge in [0.2, 0.25) is 0 Å². The number of anilines is 1. The number of rotatable bonds is 2. The molecular weight excluding hydrogens is 232 g/mol. The van der Waals surface area contributed by atoms with Gasteiger partial charge >= 0.3 is 0 Å². The molecule has 2 aromatic rings. The van der Waals surface area contributed by atoms with E-state index in [1.807, 2.05) is 5.38 Å². The van der Waals surface area contributed by atoms with Crippen LogP contribution in [0.2, 0.25) is 0 Å². The van der Waals surface area contributed by atoms with E-state index in [2.05, 4.69) is 21.5 Å². The molecule has 0 unspecified atom stereocenters. The second-order valence-electron chi connectivity index (χ2n) is 4.52. The molecule has 0 saturated carbocycles. The van der Waals surface area contributed by atoms with Crippen LogP contribution in [0.1, 0.15) is 35.7 Å². The zero-order chi connectivity index (χ0) is 11.8. The summed E-state index contributed by atoms with van der Waals surface area (Å²) in [5.74, 6) is 1.10. The fourth-order valence-electron chi connectivity index (χ4n) is 2.50. The largest absolute Gasteiger partial charge is 0.375 e. The van der Waals surface area contributed by atoms with Crippen molar-refractivity contribution in [1.82, 2.24) is 14.5 Å². The van der Waals surface area contributed by atoms with Crippen molar-refractivity contribution < 1.29 is 0 Å². The number of aryl methyl sites for hydroxylation is 2. The molecule has 5 heteroatoms. The Labute approximate surface area is 105 Å². The molecule has 3 rings (SSSR count). The maximum Gasteiger partial charge on any atom is 0.180 e. The molecule has 0 atom stereocenters. The Hall–Kier alpha value is -1.36. The van der Waals surface area contributed by atoms with Crippen LogP contribution in [-0.2, 0) is 19.4 Å². The minimum Gasteiger partial charge on any atom is -0.375 e. The summed E-state index contributed by atoms with van der Waals surface area (Å²) in [7, 11) is 0. The number of hydrogen-bond acceptors (Lipinski definition) is 4. The summed E-state index contributed by atoms with van der Waals surface area (Å²) in [6.07, 6.45) is 4.82. The molecule has 0 bridgehead atoms. The van der Waals surface area contributed by atoms with Gasteiger partial charge < -0.3 is 10.3 Å². The normalized spacial score (nSPS) is 14.9. The molecule has 0 fully saturated rings. The lowest BCUT2D eigenvalue weighted by Crippen LogP contribution is -2.10. The van der Waals surface area contributed by atoms with Crippen molar-refractivity contribution in [3.8, 4) is 0 Å². The summed E-state index contributed by atoms with van der Waals surface area (Å²) >= 11 is 1.50. The number of aromatic nitrogens is 3. The number of nitrogen functional groups attached to an aromatic ring is 1. The number of imidazole rings is 1. The molecule has 0 aliphatic heterocycles. The van der Waals surface area contributed by atoms with Crippen LogP contribution in [0, 0.1) is 6.92 Å². The first-order chi connectivity index (χ1) is 8.24. The molecule has 0 spiro atoms. The van der Waals surface area contributed by atoms with Crippen molar-refractivity contribution in [3.05, 3.63) is 28.3 Å². The van der Waals surface area contributed by atoms with Gasteiger partial charge in [-0.25, -0.2) is 9.97 Å². The average molecular weight is 248 g/mol. The molecule has 4 nitrogen and oxygen atoms in total. The Morgan fingerprint density at radius 2 is 2.18 bits per heavy atom. The number of nitrogens with two attached hydrogens (primary N) is 1. The predicted octanol–water partition coefficient (Wildman–Crippen LogP) is 2.16. The monoisotopic (exact) mass is 248 g/mol. The van der Waals surface area contributed by atoms with E-state index in [0.717, 1.165) is 30.9 Å². The van der Waals surface area contributed by atoms with E-state index < -0.39 is 0 Å². The van der Waals surface area contributed by atoms with Gasteiger partial charge in [-0.1, -0.05) is 0 Å². The molecule has 2 heterocycles. The van der Waals surface area contributed by atoms with Gasteiger partial charge in [-0.2, -0.15) is 0 Å². The van der Waals surface area contributed by atoms with Crippen LogP contribution in [0.3, 0.4) is 0 Å². The third kappa shape index (κ3) is 1.95. The lowest BCUT2D eigenvalue weighted by atomic mass is 10.0. The van der Waals surface area contributed by atoms with Gasteiger partial charge in [-0.3, -0.25) is 0 Å². The summed E-state index contributed by atoms with van der Waals surface area (Å²) in [6, 6.07) is 0. The molecule has 0 saturated heterocycles. The van der Waals surface area contributed by atoms with E-state index in [0.29, 0.717) is 5.13 Å². The van der Waals surface area contributed by atoms with Crippen molar-refractivity contribution in [2.75, 3.05) is 5.73 Å². The van der Waals surface area contributed by atoms with Crippen molar-refractivity contribution in [2.45, 2.75) is 39.2 Å². The van der Waals surface area contributed by atoms with Crippen molar-refractivity contribution in [3.63, 3.8) is 0 Å². The van der Waals surface area contributed by atoms with E-state index in [1.54, 1.807) is 0 Å². The van der Waals surface area contributed by atoms with Crippen LogP contribution < -0.4 is 5.73 Å². The number of nitrogens with zero attached hydrogens (tertiary/aromatic N) is 3. The molecule has 1 aliphatic rings. The van der Waals surface area contributed by atoms with Gasteiger partial charge in [-0.05, 0) is 32.6 Å².